The number of anilines is 1. The van der Waals surface area contributed by atoms with Gasteiger partial charge in [-0.05, 0) is 62.1 Å². The van der Waals surface area contributed by atoms with Crippen LogP contribution in [0, 0.1) is 0 Å². The van der Waals surface area contributed by atoms with Crippen molar-refractivity contribution in [3.05, 3.63) is 72.3 Å². The molecule has 1 aromatic heterocycles. The summed E-state index contributed by atoms with van der Waals surface area (Å²) in [7, 11) is 1.92. The largest absolute Gasteiger partial charge is 0.488 e. The summed E-state index contributed by atoms with van der Waals surface area (Å²) in [5, 5.41) is 2.96. The number of hydrogen-bond acceptors (Lipinski definition) is 4. The van der Waals surface area contributed by atoms with Gasteiger partial charge in [0.2, 0.25) is 0 Å². The number of carbonyl (C=O) groups is 1. The van der Waals surface area contributed by atoms with Gasteiger partial charge in [0, 0.05) is 25.0 Å². The molecule has 150 valence electrons. The second kappa shape index (κ2) is 8.82. The molecule has 1 fully saturated rings. The SMILES string of the molecule is Cn1ccnc1COc1ccc(C(=O)Nc2ccccc2OC2CCCC2)cc1. The molecule has 1 amide bonds. The van der Waals surface area contributed by atoms with Crippen molar-refractivity contribution < 1.29 is 14.3 Å². The Hall–Kier alpha value is -3.28. The van der Waals surface area contributed by atoms with Crippen LogP contribution in [0.3, 0.4) is 0 Å². The number of rotatable bonds is 7. The molecule has 4 rings (SSSR count). The standard InChI is InChI=1S/C23H25N3O3/c1-26-15-14-24-22(26)16-28-18-12-10-17(11-13-18)23(27)25-20-8-4-5-9-21(20)29-19-6-2-3-7-19/h4-5,8-15,19H,2-3,6-7,16H2,1H3,(H,25,27). The fraction of sp³-hybridized carbons (Fsp3) is 0.304. The summed E-state index contributed by atoms with van der Waals surface area (Å²) in [6.07, 6.45) is 8.40. The molecule has 6 nitrogen and oxygen atoms in total. The van der Waals surface area contributed by atoms with Gasteiger partial charge in [-0.2, -0.15) is 0 Å². The summed E-state index contributed by atoms with van der Waals surface area (Å²) >= 11 is 0. The molecule has 2 aromatic carbocycles. The molecule has 0 bridgehead atoms. The summed E-state index contributed by atoms with van der Waals surface area (Å²) in [4.78, 5) is 16.9. The van der Waals surface area contributed by atoms with Crippen molar-refractivity contribution in [1.29, 1.82) is 0 Å². The number of benzene rings is 2. The third-order valence-electron chi connectivity index (χ3n) is 5.14. The van der Waals surface area contributed by atoms with E-state index in [9.17, 15) is 4.79 Å². The normalized spacial score (nSPS) is 14.0. The van der Waals surface area contributed by atoms with Crippen LogP contribution in [0.25, 0.3) is 0 Å². The smallest absolute Gasteiger partial charge is 0.255 e. The van der Waals surface area contributed by atoms with Gasteiger partial charge in [-0.25, -0.2) is 4.98 Å². The molecule has 3 aromatic rings. The van der Waals surface area contributed by atoms with Crippen LogP contribution in [-0.2, 0) is 13.7 Å². The summed E-state index contributed by atoms with van der Waals surface area (Å²) in [6.45, 7) is 0.376. The highest BCUT2D eigenvalue weighted by molar-refractivity contribution is 6.05. The van der Waals surface area contributed by atoms with E-state index in [0.29, 0.717) is 23.6 Å². The van der Waals surface area contributed by atoms with E-state index >= 15 is 0 Å². The fourth-order valence-electron chi connectivity index (χ4n) is 3.44. The number of aromatic nitrogens is 2. The van der Waals surface area contributed by atoms with Crippen LogP contribution in [0.2, 0.25) is 0 Å². The molecule has 0 radical (unpaired) electrons. The van der Waals surface area contributed by atoms with E-state index in [4.69, 9.17) is 9.47 Å². The van der Waals surface area contributed by atoms with E-state index in [1.165, 1.54) is 12.8 Å². The number of imidazole rings is 1. The lowest BCUT2D eigenvalue weighted by atomic mass is 10.2. The van der Waals surface area contributed by atoms with Crippen molar-refractivity contribution in [2.24, 2.45) is 7.05 Å². The lowest BCUT2D eigenvalue weighted by molar-refractivity contribution is 0.102. The molecule has 0 aliphatic heterocycles. The number of para-hydroxylation sites is 2. The quantitative estimate of drug-likeness (QED) is 0.641. The molecule has 1 aliphatic rings. The molecule has 0 unspecified atom stereocenters. The first kappa shape index (κ1) is 19.1. The number of amides is 1. The highest BCUT2D eigenvalue weighted by Crippen LogP contribution is 2.30. The molecule has 29 heavy (non-hydrogen) atoms. The number of nitrogens with zero attached hydrogens (tertiary/aromatic N) is 2. The predicted octanol–water partition coefficient (Wildman–Crippen LogP) is 4.57. The van der Waals surface area contributed by atoms with Gasteiger partial charge in [-0.15, -0.1) is 0 Å². The van der Waals surface area contributed by atoms with Crippen LogP contribution in [0.4, 0.5) is 5.69 Å². The highest BCUT2D eigenvalue weighted by Gasteiger charge is 2.18. The minimum absolute atomic E-state index is 0.178. The third kappa shape index (κ3) is 4.77. The number of aryl methyl sites for hydroxylation is 1. The fourth-order valence-corrected chi connectivity index (χ4v) is 3.44. The number of nitrogens with one attached hydrogen (secondary N) is 1. The predicted molar refractivity (Wildman–Crippen MR) is 111 cm³/mol. The van der Waals surface area contributed by atoms with Crippen molar-refractivity contribution in [2.45, 2.75) is 38.4 Å². The van der Waals surface area contributed by atoms with Crippen LogP contribution in [0.5, 0.6) is 11.5 Å². The topological polar surface area (TPSA) is 65.4 Å². The lowest BCUT2D eigenvalue weighted by Crippen LogP contribution is -2.16. The first-order chi connectivity index (χ1) is 14.2. The Bertz CT molecular complexity index is 960. The average Bonchev–Trinajstić information content (AvgIpc) is 3.40. The van der Waals surface area contributed by atoms with Gasteiger partial charge in [0.05, 0.1) is 11.8 Å². The van der Waals surface area contributed by atoms with Gasteiger partial charge < -0.3 is 19.4 Å². The summed E-state index contributed by atoms with van der Waals surface area (Å²) < 4.78 is 13.7. The Kier molecular flexibility index (Phi) is 5.79. The van der Waals surface area contributed by atoms with E-state index < -0.39 is 0 Å². The van der Waals surface area contributed by atoms with E-state index in [2.05, 4.69) is 10.3 Å². The maximum absolute atomic E-state index is 12.7. The average molecular weight is 391 g/mol. The highest BCUT2D eigenvalue weighted by atomic mass is 16.5. The van der Waals surface area contributed by atoms with E-state index in [0.717, 1.165) is 24.4 Å². The summed E-state index contributed by atoms with van der Waals surface area (Å²) in [6, 6.07) is 14.7. The monoisotopic (exact) mass is 391 g/mol. The molecular weight excluding hydrogens is 366 g/mol. The molecule has 0 saturated heterocycles. The summed E-state index contributed by atoms with van der Waals surface area (Å²) in [5.41, 5.74) is 1.25. The lowest BCUT2D eigenvalue weighted by Gasteiger charge is -2.17. The second-order valence-electron chi connectivity index (χ2n) is 7.24. The third-order valence-corrected chi connectivity index (χ3v) is 5.14. The first-order valence-electron chi connectivity index (χ1n) is 9.95. The van der Waals surface area contributed by atoms with Crippen LogP contribution in [-0.4, -0.2) is 21.6 Å². The van der Waals surface area contributed by atoms with Crippen molar-refractivity contribution in [2.75, 3.05) is 5.32 Å². The van der Waals surface area contributed by atoms with Crippen molar-refractivity contribution in [1.82, 2.24) is 9.55 Å². The zero-order valence-electron chi connectivity index (χ0n) is 16.5. The maximum Gasteiger partial charge on any atom is 0.255 e. The Labute approximate surface area is 170 Å². The van der Waals surface area contributed by atoms with Crippen LogP contribution in [0.1, 0.15) is 41.9 Å². The first-order valence-corrected chi connectivity index (χ1v) is 9.95. The van der Waals surface area contributed by atoms with Crippen LogP contribution < -0.4 is 14.8 Å². The van der Waals surface area contributed by atoms with Gasteiger partial charge in [-0.3, -0.25) is 4.79 Å². The molecule has 1 aliphatic carbocycles. The Morgan fingerprint density at radius 3 is 2.62 bits per heavy atom. The molecule has 1 N–H and O–H groups in total. The number of hydrogen-bond donors (Lipinski definition) is 1. The molecule has 6 heteroatoms. The number of ether oxygens (including phenoxy) is 2. The van der Waals surface area contributed by atoms with Gasteiger partial charge in [0.25, 0.3) is 5.91 Å². The molecule has 1 saturated carbocycles. The van der Waals surface area contributed by atoms with Gasteiger partial charge in [-0.1, -0.05) is 12.1 Å². The van der Waals surface area contributed by atoms with E-state index in [1.54, 1.807) is 30.5 Å². The Morgan fingerprint density at radius 1 is 1.14 bits per heavy atom. The minimum atomic E-state index is -0.178. The summed E-state index contributed by atoms with van der Waals surface area (Å²) in [5.74, 6) is 2.08. The number of carbonyl (C=O) groups excluding carboxylic acids is 1. The molecule has 0 spiro atoms. The van der Waals surface area contributed by atoms with E-state index in [1.807, 2.05) is 42.1 Å². The molecular formula is C23H25N3O3. The molecule has 0 atom stereocenters. The van der Waals surface area contributed by atoms with Gasteiger partial charge in [0.15, 0.2) is 0 Å². The van der Waals surface area contributed by atoms with Crippen molar-refractivity contribution in [3.63, 3.8) is 0 Å². The van der Waals surface area contributed by atoms with Crippen molar-refractivity contribution in [3.8, 4) is 11.5 Å². The second-order valence-corrected chi connectivity index (χ2v) is 7.24. The van der Waals surface area contributed by atoms with Crippen LogP contribution in [0.15, 0.2) is 60.9 Å². The Morgan fingerprint density at radius 2 is 1.90 bits per heavy atom. The minimum Gasteiger partial charge on any atom is -0.488 e. The van der Waals surface area contributed by atoms with Gasteiger partial charge >= 0.3 is 0 Å². The Balaban J connectivity index is 1.38. The van der Waals surface area contributed by atoms with Crippen LogP contribution >= 0.6 is 0 Å². The van der Waals surface area contributed by atoms with E-state index in [-0.39, 0.29) is 12.0 Å². The van der Waals surface area contributed by atoms with Gasteiger partial charge in [0.1, 0.15) is 23.9 Å². The van der Waals surface area contributed by atoms with Crippen molar-refractivity contribution >= 4 is 11.6 Å². The zero-order valence-corrected chi connectivity index (χ0v) is 16.5. The zero-order chi connectivity index (χ0) is 20.1. The maximum atomic E-state index is 12.7. The molecule has 1 heterocycles.